The van der Waals surface area contributed by atoms with E-state index in [9.17, 15) is 0 Å². The number of hydrogen-bond donors (Lipinski definition) is 2. The monoisotopic (exact) mass is 218 g/mol. The number of hydrogen-bond acceptors (Lipinski definition) is 5. The van der Waals surface area contributed by atoms with Crippen LogP contribution in [0.5, 0.6) is 0 Å². The molecule has 0 saturated heterocycles. The molecule has 0 saturated carbocycles. The predicted octanol–water partition coefficient (Wildman–Crippen LogP) is -0.0428. The van der Waals surface area contributed by atoms with Gasteiger partial charge in [-0.1, -0.05) is 0 Å². The highest BCUT2D eigenvalue weighted by molar-refractivity contribution is 5.16. The molecule has 1 atom stereocenters. The van der Waals surface area contributed by atoms with Gasteiger partial charge in [0.25, 0.3) is 0 Å². The van der Waals surface area contributed by atoms with E-state index in [-0.39, 0.29) is 6.04 Å². The smallest absolute Gasteiger partial charge is 0.138 e. The molecule has 0 aliphatic carbocycles. The third-order valence-corrected chi connectivity index (χ3v) is 2.50. The highest BCUT2D eigenvalue weighted by Gasteiger charge is 2.13. The standard InChI is InChI=1S/C10H14N6/c1-16-10(13-7-14-16)6-9(15-11)8-2-4-12-5-3-8/h2-5,7,9,15H,6,11H2,1H3. The average molecular weight is 218 g/mol. The van der Waals surface area contributed by atoms with Crippen LogP contribution in [0.1, 0.15) is 17.4 Å². The van der Waals surface area contributed by atoms with Crippen LogP contribution in [0, 0.1) is 0 Å². The summed E-state index contributed by atoms with van der Waals surface area (Å²) in [5.74, 6) is 6.43. The normalized spacial score (nSPS) is 12.6. The van der Waals surface area contributed by atoms with Crippen molar-refractivity contribution in [2.45, 2.75) is 12.5 Å². The maximum absolute atomic E-state index is 5.54. The van der Waals surface area contributed by atoms with Gasteiger partial charge in [0, 0.05) is 25.9 Å². The molecule has 84 valence electrons. The summed E-state index contributed by atoms with van der Waals surface area (Å²) in [6.07, 6.45) is 5.72. The molecule has 0 aliphatic heterocycles. The molecule has 0 spiro atoms. The molecule has 0 amide bonds. The highest BCUT2D eigenvalue weighted by Crippen LogP contribution is 2.14. The zero-order valence-corrected chi connectivity index (χ0v) is 9.04. The summed E-state index contributed by atoms with van der Waals surface area (Å²) in [7, 11) is 1.86. The van der Waals surface area contributed by atoms with Crippen molar-refractivity contribution in [3.8, 4) is 0 Å². The van der Waals surface area contributed by atoms with Crippen molar-refractivity contribution < 1.29 is 0 Å². The summed E-state index contributed by atoms with van der Waals surface area (Å²) in [5.41, 5.74) is 3.86. The van der Waals surface area contributed by atoms with Crippen LogP contribution in [-0.2, 0) is 13.5 Å². The van der Waals surface area contributed by atoms with Crippen molar-refractivity contribution >= 4 is 0 Å². The van der Waals surface area contributed by atoms with Crippen molar-refractivity contribution in [1.82, 2.24) is 25.2 Å². The largest absolute Gasteiger partial charge is 0.271 e. The first-order valence-corrected chi connectivity index (χ1v) is 5.00. The van der Waals surface area contributed by atoms with Gasteiger partial charge < -0.3 is 0 Å². The maximum Gasteiger partial charge on any atom is 0.138 e. The summed E-state index contributed by atoms with van der Waals surface area (Å²) < 4.78 is 1.74. The first kappa shape index (κ1) is 10.7. The lowest BCUT2D eigenvalue weighted by Gasteiger charge is -2.15. The van der Waals surface area contributed by atoms with E-state index in [0.717, 1.165) is 11.4 Å². The first-order valence-electron chi connectivity index (χ1n) is 5.00. The molecule has 2 aromatic rings. The Morgan fingerprint density at radius 2 is 2.19 bits per heavy atom. The summed E-state index contributed by atoms with van der Waals surface area (Å²) in [4.78, 5) is 8.14. The Hall–Kier alpha value is -1.79. The number of rotatable bonds is 4. The van der Waals surface area contributed by atoms with E-state index < -0.39 is 0 Å². The second-order valence-electron chi connectivity index (χ2n) is 3.50. The lowest BCUT2D eigenvalue weighted by molar-refractivity contribution is 0.523. The molecular formula is C10H14N6. The minimum absolute atomic E-state index is 0.0194. The summed E-state index contributed by atoms with van der Waals surface area (Å²) in [6.45, 7) is 0. The van der Waals surface area contributed by atoms with Gasteiger partial charge in [-0.15, -0.1) is 0 Å². The van der Waals surface area contributed by atoms with E-state index in [1.54, 1.807) is 17.1 Å². The van der Waals surface area contributed by atoms with Gasteiger partial charge in [0.05, 0.1) is 6.04 Å². The van der Waals surface area contributed by atoms with E-state index in [2.05, 4.69) is 20.5 Å². The number of aromatic nitrogens is 4. The zero-order chi connectivity index (χ0) is 11.4. The van der Waals surface area contributed by atoms with E-state index >= 15 is 0 Å². The molecule has 6 nitrogen and oxygen atoms in total. The number of nitrogens with zero attached hydrogens (tertiary/aromatic N) is 4. The Bertz CT molecular complexity index is 438. The van der Waals surface area contributed by atoms with Crippen LogP contribution in [0.4, 0.5) is 0 Å². The number of nitrogens with one attached hydrogen (secondary N) is 1. The third kappa shape index (κ3) is 2.23. The van der Waals surface area contributed by atoms with Gasteiger partial charge >= 0.3 is 0 Å². The van der Waals surface area contributed by atoms with Crippen LogP contribution < -0.4 is 11.3 Å². The predicted molar refractivity (Wildman–Crippen MR) is 59.0 cm³/mol. The number of hydrazine groups is 1. The second-order valence-corrected chi connectivity index (χ2v) is 3.50. The van der Waals surface area contributed by atoms with Gasteiger partial charge in [0.15, 0.2) is 0 Å². The first-order chi connectivity index (χ1) is 7.81. The van der Waals surface area contributed by atoms with E-state index in [1.165, 1.54) is 6.33 Å². The van der Waals surface area contributed by atoms with Crippen LogP contribution in [-0.4, -0.2) is 19.7 Å². The molecule has 16 heavy (non-hydrogen) atoms. The van der Waals surface area contributed by atoms with Crippen molar-refractivity contribution in [1.29, 1.82) is 0 Å². The molecule has 0 bridgehead atoms. The SMILES string of the molecule is Cn1ncnc1CC(NN)c1ccncc1. The van der Waals surface area contributed by atoms with Crippen LogP contribution in [0.3, 0.4) is 0 Å². The minimum atomic E-state index is 0.0194. The Morgan fingerprint density at radius 3 is 2.75 bits per heavy atom. The van der Waals surface area contributed by atoms with Gasteiger partial charge in [-0.3, -0.25) is 20.9 Å². The molecule has 0 radical (unpaired) electrons. The summed E-state index contributed by atoms with van der Waals surface area (Å²) >= 11 is 0. The molecule has 0 fully saturated rings. The molecule has 6 heteroatoms. The molecule has 2 heterocycles. The molecule has 1 unspecified atom stereocenters. The van der Waals surface area contributed by atoms with Crippen LogP contribution in [0.15, 0.2) is 30.9 Å². The minimum Gasteiger partial charge on any atom is -0.271 e. The van der Waals surface area contributed by atoms with Crippen molar-refractivity contribution in [2.75, 3.05) is 0 Å². The summed E-state index contributed by atoms with van der Waals surface area (Å²) in [6, 6.07) is 3.88. The highest BCUT2D eigenvalue weighted by atomic mass is 15.3. The maximum atomic E-state index is 5.54. The van der Waals surface area contributed by atoms with Crippen molar-refractivity contribution in [2.24, 2.45) is 12.9 Å². The fourth-order valence-corrected chi connectivity index (χ4v) is 1.56. The molecule has 0 aromatic carbocycles. The molecule has 0 aliphatic rings. The lowest BCUT2D eigenvalue weighted by atomic mass is 10.1. The van der Waals surface area contributed by atoms with Crippen LogP contribution in [0.2, 0.25) is 0 Å². The fourth-order valence-electron chi connectivity index (χ4n) is 1.56. The van der Waals surface area contributed by atoms with E-state index in [0.29, 0.717) is 6.42 Å². The fraction of sp³-hybridized carbons (Fsp3) is 0.300. The van der Waals surface area contributed by atoms with Gasteiger partial charge in [0.1, 0.15) is 12.2 Å². The number of nitrogens with two attached hydrogens (primary N) is 1. The lowest BCUT2D eigenvalue weighted by Crippen LogP contribution is -2.30. The Morgan fingerprint density at radius 1 is 1.44 bits per heavy atom. The Labute approximate surface area is 93.5 Å². The van der Waals surface area contributed by atoms with Crippen molar-refractivity contribution in [3.05, 3.63) is 42.2 Å². The average Bonchev–Trinajstić information content (AvgIpc) is 2.73. The second kappa shape index (κ2) is 4.82. The third-order valence-electron chi connectivity index (χ3n) is 2.50. The van der Waals surface area contributed by atoms with E-state index in [1.807, 2.05) is 19.2 Å². The number of pyridine rings is 1. The molecule has 2 aromatic heterocycles. The van der Waals surface area contributed by atoms with E-state index in [4.69, 9.17) is 5.84 Å². The molecular weight excluding hydrogens is 204 g/mol. The van der Waals surface area contributed by atoms with Gasteiger partial charge in [0.2, 0.25) is 0 Å². The van der Waals surface area contributed by atoms with Crippen LogP contribution >= 0.6 is 0 Å². The quantitative estimate of drug-likeness (QED) is 0.555. The van der Waals surface area contributed by atoms with Gasteiger partial charge in [-0.05, 0) is 17.7 Å². The Kier molecular flexibility index (Phi) is 3.23. The molecule has 2 rings (SSSR count). The van der Waals surface area contributed by atoms with Crippen molar-refractivity contribution in [3.63, 3.8) is 0 Å². The van der Waals surface area contributed by atoms with Crippen LogP contribution in [0.25, 0.3) is 0 Å². The zero-order valence-electron chi connectivity index (χ0n) is 9.04. The Balaban J connectivity index is 2.16. The number of aryl methyl sites for hydroxylation is 1. The van der Waals surface area contributed by atoms with Gasteiger partial charge in [-0.2, -0.15) is 5.10 Å². The van der Waals surface area contributed by atoms with Gasteiger partial charge in [-0.25, -0.2) is 4.98 Å². The topological polar surface area (TPSA) is 81.7 Å². The molecule has 3 N–H and O–H groups in total. The summed E-state index contributed by atoms with van der Waals surface area (Å²) in [5, 5.41) is 4.02.